The van der Waals surface area contributed by atoms with Crippen molar-refractivity contribution in [3.8, 4) is 11.1 Å². The molecule has 0 aromatic heterocycles. The summed E-state index contributed by atoms with van der Waals surface area (Å²) >= 11 is 0. The third kappa shape index (κ3) is 6.81. The predicted octanol–water partition coefficient (Wildman–Crippen LogP) is 8.03. The van der Waals surface area contributed by atoms with Gasteiger partial charge in [-0.25, -0.2) is 9.59 Å². The van der Waals surface area contributed by atoms with Crippen molar-refractivity contribution >= 4 is 18.0 Å². The highest BCUT2D eigenvalue weighted by molar-refractivity contribution is 5.94. The van der Waals surface area contributed by atoms with E-state index in [1.165, 1.54) is 0 Å². The first-order valence-corrected chi connectivity index (χ1v) is 17.3. The summed E-state index contributed by atoms with van der Waals surface area (Å²) in [5, 5.41) is 5.51. The Labute approximate surface area is 303 Å². The molecule has 1 aliphatic rings. The van der Waals surface area contributed by atoms with E-state index in [2.05, 4.69) is 34.9 Å². The number of esters is 1. The lowest BCUT2D eigenvalue weighted by Crippen LogP contribution is -2.47. The minimum absolute atomic E-state index is 0.0998. The van der Waals surface area contributed by atoms with E-state index in [9.17, 15) is 14.4 Å². The molecule has 0 unspecified atom stereocenters. The Hall–Kier alpha value is -6.47. The average Bonchev–Trinajstić information content (AvgIpc) is 3.53. The Morgan fingerprint density at radius 1 is 0.615 bits per heavy atom. The molecule has 7 rings (SSSR count). The van der Waals surface area contributed by atoms with Crippen LogP contribution < -0.4 is 10.6 Å². The minimum Gasteiger partial charge on any atom is -0.449 e. The fraction of sp³-hybridized carbons (Fsp3) is 0.133. The van der Waals surface area contributed by atoms with Crippen LogP contribution >= 0.6 is 0 Å². The van der Waals surface area contributed by atoms with Gasteiger partial charge in [-0.3, -0.25) is 4.79 Å². The van der Waals surface area contributed by atoms with E-state index in [1.54, 1.807) is 31.3 Å². The number of carbonyl (C=O) groups excluding carboxylic acids is 3. The van der Waals surface area contributed by atoms with E-state index in [0.29, 0.717) is 22.3 Å². The van der Waals surface area contributed by atoms with Gasteiger partial charge in [0.05, 0.1) is 0 Å². The van der Waals surface area contributed by atoms with Gasteiger partial charge in [0.1, 0.15) is 12.6 Å². The molecular weight excluding hydrogens is 649 g/mol. The lowest BCUT2D eigenvalue weighted by molar-refractivity contribution is -0.156. The molecule has 0 spiro atoms. The normalized spacial score (nSPS) is 12.6. The fourth-order valence-electron chi connectivity index (χ4n) is 7.07. The quantitative estimate of drug-likeness (QED) is 0.106. The number of fused-ring (bicyclic) bond motifs is 3. The molecule has 2 amide bonds. The van der Waals surface area contributed by atoms with E-state index in [-0.39, 0.29) is 24.9 Å². The van der Waals surface area contributed by atoms with Crippen molar-refractivity contribution in [1.29, 1.82) is 0 Å². The fourth-order valence-corrected chi connectivity index (χ4v) is 7.07. The first-order valence-electron chi connectivity index (χ1n) is 17.3. The van der Waals surface area contributed by atoms with Gasteiger partial charge in [0.2, 0.25) is 0 Å². The standard InChI is InChI=1S/C45H38N2O5/c1-46-42(48)32-25-27-35(28-26-32)45(33-17-7-3-8-18-33,34-19-9-4-10-20-34)52-43(49)41(29-31-15-5-2-6-16-31)47-44(50)51-30-40-38-23-13-11-21-36(38)37-22-12-14-24-39(37)40/h2-28,40-41H,29-30H2,1H3,(H,46,48)(H,47,50)/t41-/m0/s1. The molecule has 0 saturated carbocycles. The number of ether oxygens (including phenoxy) is 2. The van der Waals surface area contributed by atoms with Crippen molar-refractivity contribution in [3.05, 3.63) is 203 Å². The maximum Gasteiger partial charge on any atom is 0.407 e. The van der Waals surface area contributed by atoms with Crippen LogP contribution in [-0.2, 0) is 26.3 Å². The molecular formula is C45H38N2O5. The van der Waals surface area contributed by atoms with Crippen LogP contribution in [0.4, 0.5) is 4.79 Å². The Bertz CT molecular complexity index is 2080. The highest BCUT2D eigenvalue weighted by atomic mass is 16.6. The molecule has 0 heterocycles. The van der Waals surface area contributed by atoms with Crippen LogP contribution in [0.25, 0.3) is 11.1 Å². The smallest absolute Gasteiger partial charge is 0.407 e. The van der Waals surface area contributed by atoms with Crippen molar-refractivity contribution in [2.45, 2.75) is 24.0 Å². The molecule has 1 atom stereocenters. The van der Waals surface area contributed by atoms with Crippen LogP contribution in [0.2, 0.25) is 0 Å². The van der Waals surface area contributed by atoms with E-state index in [4.69, 9.17) is 9.47 Å². The van der Waals surface area contributed by atoms with E-state index in [0.717, 1.165) is 27.8 Å². The van der Waals surface area contributed by atoms with Gasteiger partial charge in [0, 0.05) is 41.6 Å². The second-order valence-corrected chi connectivity index (χ2v) is 12.7. The average molecular weight is 687 g/mol. The van der Waals surface area contributed by atoms with Gasteiger partial charge in [-0.1, -0.05) is 152 Å². The van der Waals surface area contributed by atoms with Crippen LogP contribution in [0.15, 0.2) is 164 Å². The third-order valence-corrected chi connectivity index (χ3v) is 9.60. The van der Waals surface area contributed by atoms with Crippen LogP contribution in [0.5, 0.6) is 0 Å². The van der Waals surface area contributed by atoms with Gasteiger partial charge in [-0.05, 0) is 39.9 Å². The molecule has 0 fully saturated rings. The van der Waals surface area contributed by atoms with Crippen molar-refractivity contribution in [1.82, 2.24) is 10.6 Å². The molecule has 2 N–H and O–H groups in total. The lowest BCUT2D eigenvalue weighted by atomic mass is 9.79. The number of carbonyl (C=O) groups is 3. The van der Waals surface area contributed by atoms with Crippen LogP contribution in [-0.4, -0.2) is 37.7 Å². The largest absolute Gasteiger partial charge is 0.449 e. The number of hydrogen-bond donors (Lipinski definition) is 2. The summed E-state index contributed by atoms with van der Waals surface area (Å²) < 4.78 is 12.6. The van der Waals surface area contributed by atoms with Crippen molar-refractivity contribution in [3.63, 3.8) is 0 Å². The monoisotopic (exact) mass is 686 g/mol. The molecule has 7 nitrogen and oxygen atoms in total. The minimum atomic E-state index is -1.43. The molecule has 6 aromatic carbocycles. The number of rotatable bonds is 11. The van der Waals surface area contributed by atoms with Crippen LogP contribution in [0.1, 0.15) is 49.7 Å². The van der Waals surface area contributed by atoms with Gasteiger partial charge < -0.3 is 20.1 Å². The van der Waals surface area contributed by atoms with Gasteiger partial charge >= 0.3 is 12.1 Å². The molecule has 1 aliphatic carbocycles. The molecule has 0 saturated heterocycles. The summed E-state index contributed by atoms with van der Waals surface area (Å²) in [5.41, 5.74) is 6.32. The summed E-state index contributed by atoms with van der Waals surface area (Å²) in [4.78, 5) is 40.8. The number of amides is 2. The van der Waals surface area contributed by atoms with Crippen LogP contribution in [0.3, 0.4) is 0 Å². The second kappa shape index (κ2) is 15.2. The molecule has 258 valence electrons. The van der Waals surface area contributed by atoms with Gasteiger partial charge in [0.25, 0.3) is 5.91 Å². The van der Waals surface area contributed by atoms with E-state index in [1.807, 2.05) is 115 Å². The lowest BCUT2D eigenvalue weighted by Gasteiger charge is -2.36. The van der Waals surface area contributed by atoms with Gasteiger partial charge in [-0.15, -0.1) is 0 Å². The summed E-state index contributed by atoms with van der Waals surface area (Å²) in [6.45, 7) is 0.0998. The SMILES string of the molecule is CNC(=O)c1ccc(C(OC(=O)[C@H](Cc2ccccc2)NC(=O)OCC2c3ccccc3-c3ccccc32)(c2ccccc2)c2ccccc2)cc1. The molecule has 0 radical (unpaired) electrons. The zero-order valence-corrected chi connectivity index (χ0v) is 28.7. The Kier molecular flexibility index (Phi) is 9.93. The molecule has 52 heavy (non-hydrogen) atoms. The maximum absolute atomic E-state index is 14.7. The first kappa shape index (κ1) is 34.0. The Morgan fingerprint density at radius 2 is 1.10 bits per heavy atom. The predicted molar refractivity (Wildman–Crippen MR) is 201 cm³/mol. The van der Waals surface area contributed by atoms with Crippen molar-refractivity contribution in [2.75, 3.05) is 13.7 Å². The third-order valence-electron chi connectivity index (χ3n) is 9.60. The topological polar surface area (TPSA) is 93.7 Å². The summed E-state index contributed by atoms with van der Waals surface area (Å²) in [6, 6.07) is 50.6. The number of benzene rings is 6. The first-order chi connectivity index (χ1) is 25.5. The zero-order chi connectivity index (χ0) is 35.9. The van der Waals surface area contributed by atoms with Gasteiger partial charge in [-0.2, -0.15) is 0 Å². The Balaban J connectivity index is 1.22. The highest BCUT2D eigenvalue weighted by Crippen LogP contribution is 2.45. The van der Waals surface area contributed by atoms with E-state index < -0.39 is 23.7 Å². The number of alkyl carbamates (subject to hydrolysis) is 1. The summed E-state index contributed by atoms with van der Waals surface area (Å²) in [5.74, 6) is -1.02. The Morgan fingerprint density at radius 3 is 1.63 bits per heavy atom. The molecule has 0 aliphatic heterocycles. The zero-order valence-electron chi connectivity index (χ0n) is 28.7. The summed E-state index contributed by atoms with van der Waals surface area (Å²) in [7, 11) is 1.58. The van der Waals surface area contributed by atoms with Gasteiger partial charge in [0.15, 0.2) is 5.60 Å². The van der Waals surface area contributed by atoms with Crippen molar-refractivity contribution < 1.29 is 23.9 Å². The summed E-state index contributed by atoms with van der Waals surface area (Å²) in [6.07, 6.45) is -0.557. The molecule has 7 heteroatoms. The highest BCUT2D eigenvalue weighted by Gasteiger charge is 2.42. The number of hydrogen-bond acceptors (Lipinski definition) is 5. The van der Waals surface area contributed by atoms with Crippen molar-refractivity contribution in [2.24, 2.45) is 0 Å². The molecule has 0 bridgehead atoms. The maximum atomic E-state index is 14.7. The van der Waals surface area contributed by atoms with Crippen LogP contribution in [0, 0.1) is 0 Å². The van der Waals surface area contributed by atoms with E-state index >= 15 is 0 Å². The molecule has 6 aromatic rings. The number of nitrogens with one attached hydrogen (secondary N) is 2. The second-order valence-electron chi connectivity index (χ2n) is 12.7.